The normalized spacial score (nSPS) is 11.0. The highest BCUT2D eigenvalue weighted by molar-refractivity contribution is 7.12. The van der Waals surface area contributed by atoms with Gasteiger partial charge >= 0.3 is 5.97 Å². The maximum atomic E-state index is 11.8. The van der Waals surface area contributed by atoms with Gasteiger partial charge in [-0.15, -0.1) is 11.3 Å². The third kappa shape index (κ3) is 3.58. The van der Waals surface area contributed by atoms with Gasteiger partial charge < -0.3 is 10.1 Å². The SMILES string of the molecule is COC(=O)c1sccc1NC=C(C(C)=O)c1ccccc1. The smallest absolute Gasteiger partial charge is 0.350 e. The van der Waals surface area contributed by atoms with E-state index in [1.807, 2.05) is 30.3 Å². The molecule has 1 N–H and O–H groups in total. The highest BCUT2D eigenvalue weighted by atomic mass is 32.1. The number of esters is 1. The van der Waals surface area contributed by atoms with Crippen LogP contribution in [0.4, 0.5) is 5.69 Å². The van der Waals surface area contributed by atoms with Gasteiger partial charge in [0.2, 0.25) is 0 Å². The average molecular weight is 301 g/mol. The van der Waals surface area contributed by atoms with Crippen LogP contribution in [-0.2, 0) is 9.53 Å². The molecule has 0 aliphatic rings. The van der Waals surface area contributed by atoms with Gasteiger partial charge in [-0.3, -0.25) is 4.79 Å². The molecule has 1 heterocycles. The summed E-state index contributed by atoms with van der Waals surface area (Å²) in [5.41, 5.74) is 2.01. The minimum absolute atomic E-state index is 0.0523. The van der Waals surface area contributed by atoms with E-state index < -0.39 is 5.97 Å². The molecule has 0 fully saturated rings. The summed E-state index contributed by atoms with van der Waals surface area (Å²) in [5, 5.41) is 4.81. The van der Waals surface area contributed by atoms with Crippen molar-refractivity contribution in [2.75, 3.05) is 12.4 Å². The van der Waals surface area contributed by atoms with Gasteiger partial charge in [-0.05, 0) is 23.9 Å². The van der Waals surface area contributed by atoms with E-state index in [1.54, 1.807) is 17.6 Å². The second-order valence-corrected chi connectivity index (χ2v) is 5.20. The van der Waals surface area contributed by atoms with E-state index in [-0.39, 0.29) is 5.78 Å². The van der Waals surface area contributed by atoms with Crippen LogP contribution in [-0.4, -0.2) is 18.9 Å². The quantitative estimate of drug-likeness (QED) is 0.677. The van der Waals surface area contributed by atoms with Crippen molar-refractivity contribution in [1.82, 2.24) is 0 Å². The maximum Gasteiger partial charge on any atom is 0.350 e. The van der Waals surface area contributed by atoms with E-state index in [9.17, 15) is 9.59 Å². The number of allylic oxidation sites excluding steroid dienone is 1. The van der Waals surface area contributed by atoms with Crippen LogP contribution in [0.5, 0.6) is 0 Å². The molecule has 0 saturated heterocycles. The van der Waals surface area contributed by atoms with Gasteiger partial charge in [0, 0.05) is 11.8 Å². The minimum Gasteiger partial charge on any atom is -0.465 e. The van der Waals surface area contributed by atoms with Crippen LogP contribution in [0.15, 0.2) is 48.0 Å². The lowest BCUT2D eigenvalue weighted by Crippen LogP contribution is -2.03. The molecule has 0 amide bonds. The van der Waals surface area contributed by atoms with Crippen molar-refractivity contribution in [3.8, 4) is 0 Å². The molecule has 0 radical (unpaired) electrons. The van der Waals surface area contributed by atoms with E-state index in [0.29, 0.717) is 16.1 Å². The van der Waals surface area contributed by atoms with Gasteiger partial charge in [-0.1, -0.05) is 30.3 Å². The molecular formula is C16H15NO3S. The Morgan fingerprint density at radius 2 is 1.90 bits per heavy atom. The second-order valence-electron chi connectivity index (χ2n) is 4.28. The Hall–Kier alpha value is -2.40. The zero-order chi connectivity index (χ0) is 15.2. The number of rotatable bonds is 5. The Morgan fingerprint density at radius 3 is 2.52 bits per heavy atom. The first-order valence-corrected chi connectivity index (χ1v) is 7.20. The molecule has 0 saturated carbocycles. The van der Waals surface area contributed by atoms with Crippen molar-refractivity contribution in [1.29, 1.82) is 0 Å². The summed E-state index contributed by atoms with van der Waals surface area (Å²) >= 11 is 1.29. The molecule has 0 bridgehead atoms. The van der Waals surface area contributed by atoms with Gasteiger partial charge in [-0.25, -0.2) is 4.79 Å². The summed E-state index contributed by atoms with van der Waals surface area (Å²) < 4.78 is 4.72. The van der Waals surface area contributed by atoms with Crippen LogP contribution >= 0.6 is 11.3 Å². The molecule has 0 aliphatic carbocycles. The monoisotopic (exact) mass is 301 g/mol. The Bertz CT molecular complexity index is 674. The standard InChI is InChI=1S/C16H15NO3S/c1-11(18)13(12-6-4-3-5-7-12)10-17-14-8-9-21-15(14)16(19)20-2/h3-10,17H,1-2H3. The molecule has 0 spiro atoms. The molecule has 2 aromatic rings. The lowest BCUT2D eigenvalue weighted by Gasteiger charge is -2.06. The molecule has 108 valence electrons. The first-order valence-electron chi connectivity index (χ1n) is 6.32. The first kappa shape index (κ1) is 15.0. The van der Waals surface area contributed by atoms with Gasteiger partial charge in [0.25, 0.3) is 0 Å². The number of anilines is 1. The highest BCUT2D eigenvalue weighted by Gasteiger charge is 2.13. The molecule has 0 atom stereocenters. The lowest BCUT2D eigenvalue weighted by atomic mass is 10.0. The summed E-state index contributed by atoms with van der Waals surface area (Å²) in [6.07, 6.45) is 1.62. The summed E-state index contributed by atoms with van der Waals surface area (Å²) in [5.74, 6) is -0.450. The number of methoxy groups -OCH3 is 1. The Balaban J connectivity index is 2.28. The van der Waals surface area contributed by atoms with Crippen molar-refractivity contribution >= 4 is 34.3 Å². The number of hydrogen-bond donors (Lipinski definition) is 1. The van der Waals surface area contributed by atoms with E-state index in [0.717, 1.165) is 5.56 Å². The molecule has 1 aromatic heterocycles. The van der Waals surface area contributed by atoms with Gasteiger partial charge in [0.15, 0.2) is 5.78 Å². The fourth-order valence-corrected chi connectivity index (χ4v) is 2.60. The van der Waals surface area contributed by atoms with Crippen molar-refractivity contribution in [3.05, 3.63) is 58.4 Å². The average Bonchev–Trinajstić information content (AvgIpc) is 2.96. The number of ether oxygens (including phenoxy) is 1. The third-order valence-electron chi connectivity index (χ3n) is 2.87. The molecular weight excluding hydrogens is 286 g/mol. The van der Waals surface area contributed by atoms with E-state index >= 15 is 0 Å². The van der Waals surface area contributed by atoms with Crippen molar-refractivity contribution < 1.29 is 14.3 Å². The number of carbonyl (C=O) groups excluding carboxylic acids is 2. The van der Waals surface area contributed by atoms with Gasteiger partial charge in [0.05, 0.1) is 12.8 Å². The number of Topliss-reactive ketones (excluding diaryl/α,β-unsaturated/α-hetero) is 1. The predicted molar refractivity (Wildman–Crippen MR) is 84.4 cm³/mol. The van der Waals surface area contributed by atoms with Crippen LogP contribution in [0.2, 0.25) is 0 Å². The van der Waals surface area contributed by atoms with Gasteiger partial charge in [0.1, 0.15) is 4.88 Å². The summed E-state index contributed by atoms with van der Waals surface area (Å²) in [6, 6.07) is 11.1. The van der Waals surface area contributed by atoms with E-state index in [2.05, 4.69) is 5.32 Å². The van der Waals surface area contributed by atoms with Crippen molar-refractivity contribution in [2.24, 2.45) is 0 Å². The van der Waals surface area contributed by atoms with Crippen LogP contribution in [0.3, 0.4) is 0 Å². The molecule has 0 unspecified atom stereocenters. The Labute approximate surface area is 127 Å². The lowest BCUT2D eigenvalue weighted by molar-refractivity contribution is -0.111. The van der Waals surface area contributed by atoms with Crippen LogP contribution < -0.4 is 5.32 Å². The van der Waals surface area contributed by atoms with Crippen LogP contribution in [0.1, 0.15) is 22.2 Å². The van der Waals surface area contributed by atoms with Crippen molar-refractivity contribution in [2.45, 2.75) is 6.92 Å². The fraction of sp³-hybridized carbons (Fsp3) is 0.125. The zero-order valence-electron chi connectivity index (χ0n) is 11.8. The fourth-order valence-electron chi connectivity index (χ4n) is 1.83. The largest absolute Gasteiger partial charge is 0.465 e. The molecule has 21 heavy (non-hydrogen) atoms. The molecule has 0 aliphatic heterocycles. The first-order chi connectivity index (χ1) is 10.1. The van der Waals surface area contributed by atoms with E-state index in [1.165, 1.54) is 25.4 Å². The second kappa shape index (κ2) is 6.85. The number of benzene rings is 1. The van der Waals surface area contributed by atoms with Crippen molar-refractivity contribution in [3.63, 3.8) is 0 Å². The third-order valence-corrected chi connectivity index (χ3v) is 3.77. The maximum absolute atomic E-state index is 11.8. The molecule has 1 aromatic carbocycles. The Morgan fingerprint density at radius 1 is 1.19 bits per heavy atom. The summed E-state index contributed by atoms with van der Waals surface area (Å²) in [4.78, 5) is 23.9. The number of carbonyl (C=O) groups is 2. The molecule has 2 rings (SSSR count). The number of nitrogens with one attached hydrogen (secondary N) is 1. The predicted octanol–water partition coefficient (Wildman–Crippen LogP) is 3.58. The minimum atomic E-state index is -0.398. The summed E-state index contributed by atoms with van der Waals surface area (Å²) in [6.45, 7) is 1.51. The van der Waals surface area contributed by atoms with Gasteiger partial charge in [-0.2, -0.15) is 0 Å². The van der Waals surface area contributed by atoms with Crippen LogP contribution in [0, 0.1) is 0 Å². The molecule has 4 nitrogen and oxygen atoms in total. The molecule has 5 heteroatoms. The zero-order valence-corrected chi connectivity index (χ0v) is 12.6. The number of thiophene rings is 1. The highest BCUT2D eigenvalue weighted by Crippen LogP contribution is 2.24. The topological polar surface area (TPSA) is 55.4 Å². The van der Waals surface area contributed by atoms with Crippen LogP contribution in [0.25, 0.3) is 5.57 Å². The van der Waals surface area contributed by atoms with E-state index in [4.69, 9.17) is 4.74 Å². The summed E-state index contributed by atoms with van der Waals surface area (Å²) in [7, 11) is 1.34. The number of hydrogen-bond acceptors (Lipinski definition) is 5. The Kier molecular flexibility index (Phi) is 4.90. The number of ketones is 1.